The molecule has 0 unspecified atom stereocenters. The smallest absolute Gasteiger partial charge is 0.264 e. The zero-order chi connectivity index (χ0) is 11.0. The molecule has 0 aliphatic heterocycles. The molecule has 0 heterocycles. The Kier molecular flexibility index (Phi) is 5.91. The summed E-state index contributed by atoms with van der Waals surface area (Å²) in [6.45, 7) is 1.69. The van der Waals surface area contributed by atoms with Gasteiger partial charge in [-0.05, 0) is 18.6 Å². The second kappa shape index (κ2) is 6.39. The lowest BCUT2D eigenvalue weighted by molar-refractivity contribution is 0.475. The third kappa shape index (κ3) is 9.02. The van der Waals surface area contributed by atoms with Gasteiger partial charge in [0.2, 0.25) is 0 Å². The van der Waals surface area contributed by atoms with Crippen molar-refractivity contribution in [3.8, 4) is 5.75 Å². The van der Waals surface area contributed by atoms with E-state index < -0.39 is 10.1 Å². The quantitative estimate of drug-likeness (QED) is 0.740. The van der Waals surface area contributed by atoms with E-state index >= 15 is 0 Å². The zero-order valence-corrected chi connectivity index (χ0v) is 8.74. The number of rotatable bonds is 2. The van der Waals surface area contributed by atoms with Gasteiger partial charge in [-0.3, -0.25) is 4.55 Å². The molecule has 1 aromatic carbocycles. The van der Waals surface area contributed by atoms with E-state index in [9.17, 15) is 8.42 Å². The van der Waals surface area contributed by atoms with E-state index in [0.29, 0.717) is 12.2 Å². The first-order valence-electron chi connectivity index (χ1n) is 4.15. The van der Waals surface area contributed by atoms with E-state index in [1.165, 1.54) is 0 Å². The first-order valence-corrected chi connectivity index (χ1v) is 5.76. The van der Waals surface area contributed by atoms with Gasteiger partial charge in [0.15, 0.2) is 0 Å². The molecule has 80 valence electrons. The van der Waals surface area contributed by atoms with Crippen LogP contribution >= 0.6 is 0 Å². The molecule has 0 aliphatic carbocycles. The van der Waals surface area contributed by atoms with Crippen molar-refractivity contribution in [3.63, 3.8) is 0 Å². The van der Waals surface area contributed by atoms with E-state index in [1.807, 2.05) is 6.07 Å². The standard InChI is InChI=1S/C6H6O.C3H8O3S/c7-6-4-2-1-3-5-6;1-2-3-7(4,5)6/h1-5,7H;2-3H2,1H3,(H,4,5,6). The largest absolute Gasteiger partial charge is 0.508 e. The minimum absolute atomic E-state index is 0.132. The molecule has 0 fully saturated rings. The van der Waals surface area contributed by atoms with E-state index in [-0.39, 0.29) is 5.75 Å². The second-order valence-corrected chi connectivity index (χ2v) is 4.19. The fourth-order valence-corrected chi connectivity index (χ4v) is 1.20. The highest BCUT2D eigenvalue weighted by atomic mass is 32.2. The first-order chi connectivity index (χ1) is 6.45. The molecule has 0 atom stereocenters. The van der Waals surface area contributed by atoms with Crippen molar-refractivity contribution in [2.24, 2.45) is 0 Å². The maximum atomic E-state index is 9.79. The molecule has 0 amide bonds. The Bertz CT molecular complexity index is 331. The van der Waals surface area contributed by atoms with Gasteiger partial charge in [-0.2, -0.15) is 8.42 Å². The van der Waals surface area contributed by atoms with Crippen molar-refractivity contribution in [2.75, 3.05) is 5.75 Å². The monoisotopic (exact) mass is 218 g/mol. The molecule has 2 N–H and O–H groups in total. The Morgan fingerprint density at radius 3 is 1.86 bits per heavy atom. The third-order valence-corrected chi connectivity index (χ3v) is 2.14. The van der Waals surface area contributed by atoms with E-state index in [0.717, 1.165) is 0 Å². The Morgan fingerprint density at radius 1 is 1.21 bits per heavy atom. The van der Waals surface area contributed by atoms with Gasteiger partial charge in [0.05, 0.1) is 5.75 Å². The van der Waals surface area contributed by atoms with Crippen molar-refractivity contribution in [1.29, 1.82) is 0 Å². The molecule has 0 radical (unpaired) electrons. The molecule has 4 nitrogen and oxygen atoms in total. The molecule has 0 spiro atoms. The Labute approximate surface area is 84.0 Å². The summed E-state index contributed by atoms with van der Waals surface area (Å²) >= 11 is 0. The number of phenols is 1. The van der Waals surface area contributed by atoms with Gasteiger partial charge < -0.3 is 5.11 Å². The summed E-state index contributed by atoms with van der Waals surface area (Å²) in [5.74, 6) is 0.190. The number of aromatic hydroxyl groups is 1. The first kappa shape index (κ1) is 12.9. The molecular weight excluding hydrogens is 204 g/mol. The molecule has 14 heavy (non-hydrogen) atoms. The summed E-state index contributed by atoms with van der Waals surface area (Å²) in [6, 6.07) is 8.71. The molecular formula is C9H14O4S. The molecule has 1 rings (SSSR count). The number of benzene rings is 1. The molecule has 0 aliphatic rings. The Hall–Kier alpha value is -1.07. The van der Waals surface area contributed by atoms with Crippen LogP contribution in [0.3, 0.4) is 0 Å². The second-order valence-electron chi connectivity index (χ2n) is 2.62. The van der Waals surface area contributed by atoms with Crippen LogP contribution in [-0.4, -0.2) is 23.8 Å². The lowest BCUT2D eigenvalue weighted by Crippen LogP contribution is -2.01. The van der Waals surface area contributed by atoms with Crippen molar-refractivity contribution in [1.82, 2.24) is 0 Å². The predicted octanol–water partition coefficient (Wildman–Crippen LogP) is 1.68. The van der Waals surface area contributed by atoms with Crippen LogP contribution in [0.5, 0.6) is 5.75 Å². The van der Waals surface area contributed by atoms with Crippen LogP contribution < -0.4 is 0 Å². The minimum Gasteiger partial charge on any atom is -0.508 e. The van der Waals surface area contributed by atoms with Crippen LogP contribution in [0, 0.1) is 0 Å². The van der Waals surface area contributed by atoms with Gasteiger partial charge in [-0.1, -0.05) is 25.1 Å². The van der Waals surface area contributed by atoms with Crippen LogP contribution in [0.1, 0.15) is 13.3 Å². The van der Waals surface area contributed by atoms with Crippen LogP contribution in [0.2, 0.25) is 0 Å². The highest BCUT2D eigenvalue weighted by Gasteiger charge is 1.98. The van der Waals surface area contributed by atoms with Crippen molar-refractivity contribution < 1.29 is 18.1 Å². The highest BCUT2D eigenvalue weighted by molar-refractivity contribution is 7.85. The molecule has 0 aromatic heterocycles. The summed E-state index contributed by atoms with van der Waals surface area (Å²) in [6.07, 6.45) is 0.471. The van der Waals surface area contributed by atoms with Crippen LogP contribution in [0.4, 0.5) is 0 Å². The molecule has 0 bridgehead atoms. The topological polar surface area (TPSA) is 74.6 Å². The van der Waals surface area contributed by atoms with Crippen LogP contribution in [0.25, 0.3) is 0 Å². The zero-order valence-electron chi connectivity index (χ0n) is 7.92. The fraction of sp³-hybridized carbons (Fsp3) is 0.333. The van der Waals surface area contributed by atoms with E-state index in [4.69, 9.17) is 9.66 Å². The van der Waals surface area contributed by atoms with Crippen LogP contribution in [0.15, 0.2) is 30.3 Å². The molecule has 0 saturated carbocycles. The molecule has 5 heteroatoms. The van der Waals surface area contributed by atoms with Gasteiger partial charge in [-0.25, -0.2) is 0 Å². The maximum Gasteiger partial charge on any atom is 0.264 e. The van der Waals surface area contributed by atoms with Gasteiger partial charge in [0.1, 0.15) is 5.75 Å². The summed E-state index contributed by atoms with van der Waals surface area (Å²) in [5, 5.41) is 8.63. The number of para-hydroxylation sites is 1. The summed E-state index contributed by atoms with van der Waals surface area (Å²) in [4.78, 5) is 0. The molecule has 0 saturated heterocycles. The highest BCUT2D eigenvalue weighted by Crippen LogP contribution is 2.02. The van der Waals surface area contributed by atoms with Gasteiger partial charge >= 0.3 is 0 Å². The van der Waals surface area contributed by atoms with Gasteiger partial charge in [0.25, 0.3) is 10.1 Å². The van der Waals surface area contributed by atoms with E-state index in [2.05, 4.69) is 0 Å². The average molecular weight is 218 g/mol. The number of phenolic OH excluding ortho intramolecular Hbond substituents is 1. The molecule has 1 aromatic rings. The van der Waals surface area contributed by atoms with Gasteiger partial charge in [-0.15, -0.1) is 0 Å². The van der Waals surface area contributed by atoms with Crippen molar-refractivity contribution in [3.05, 3.63) is 30.3 Å². The SMILES string of the molecule is CCCS(=O)(=O)O.Oc1ccccc1. The average Bonchev–Trinajstić information content (AvgIpc) is 2.04. The predicted molar refractivity (Wildman–Crippen MR) is 54.8 cm³/mol. The Morgan fingerprint density at radius 2 is 1.71 bits per heavy atom. The number of hydrogen-bond donors (Lipinski definition) is 2. The van der Waals surface area contributed by atoms with Crippen molar-refractivity contribution in [2.45, 2.75) is 13.3 Å². The fourth-order valence-electron chi connectivity index (χ4n) is 0.686. The minimum atomic E-state index is -3.67. The van der Waals surface area contributed by atoms with Gasteiger partial charge in [0, 0.05) is 0 Å². The summed E-state index contributed by atoms with van der Waals surface area (Å²) in [5.41, 5.74) is 0. The lowest BCUT2D eigenvalue weighted by atomic mass is 10.3. The summed E-state index contributed by atoms with van der Waals surface area (Å²) < 4.78 is 27.6. The Balaban J connectivity index is 0.000000241. The maximum absolute atomic E-state index is 9.79. The van der Waals surface area contributed by atoms with Crippen LogP contribution in [-0.2, 0) is 10.1 Å². The normalized spacial score (nSPS) is 10.1. The summed E-state index contributed by atoms with van der Waals surface area (Å²) in [7, 11) is -3.67. The third-order valence-electron chi connectivity index (χ3n) is 1.22. The van der Waals surface area contributed by atoms with Crippen molar-refractivity contribution >= 4 is 10.1 Å². The van der Waals surface area contributed by atoms with E-state index in [1.54, 1.807) is 31.2 Å². The lowest BCUT2D eigenvalue weighted by Gasteiger charge is -1.85. The number of hydrogen-bond acceptors (Lipinski definition) is 3.